The lowest BCUT2D eigenvalue weighted by atomic mass is 9.95. The van der Waals surface area contributed by atoms with Gasteiger partial charge < -0.3 is 10.6 Å². The van der Waals surface area contributed by atoms with Crippen molar-refractivity contribution >= 4 is 23.2 Å². The van der Waals surface area contributed by atoms with Crippen molar-refractivity contribution in [2.24, 2.45) is 0 Å². The molecule has 0 spiro atoms. The lowest BCUT2D eigenvalue weighted by molar-refractivity contribution is -0.122. The average molecular weight is 294 g/mol. The van der Waals surface area contributed by atoms with Gasteiger partial charge in [-0.3, -0.25) is 9.59 Å². The summed E-state index contributed by atoms with van der Waals surface area (Å²) in [7, 11) is 0. The lowest BCUT2D eigenvalue weighted by Gasteiger charge is -2.22. The third kappa shape index (κ3) is 4.96. The first-order valence-electron chi connectivity index (χ1n) is 7.35. The van der Waals surface area contributed by atoms with Gasteiger partial charge >= 0.3 is 0 Å². The number of thiophene rings is 1. The first kappa shape index (κ1) is 15.0. The summed E-state index contributed by atoms with van der Waals surface area (Å²) in [6.07, 6.45) is 7.14. The zero-order chi connectivity index (χ0) is 14.2. The standard InChI is InChI=1S/C15H22N2O2S/c18-14(17-13-5-2-1-3-6-13)7-4-9-16-15(19)12-8-10-20-11-12/h8,10-11,13H,1-7,9H2,(H,16,19)(H,17,18). The van der Waals surface area contributed by atoms with Crippen molar-refractivity contribution in [2.45, 2.75) is 51.0 Å². The summed E-state index contributed by atoms with van der Waals surface area (Å²) < 4.78 is 0. The minimum absolute atomic E-state index is 0.0565. The SMILES string of the molecule is O=C(CCCNC(=O)c1ccsc1)NC1CCCCC1. The Morgan fingerprint density at radius 2 is 2.05 bits per heavy atom. The minimum atomic E-state index is -0.0565. The number of hydrogen-bond donors (Lipinski definition) is 2. The van der Waals surface area contributed by atoms with Gasteiger partial charge in [-0.05, 0) is 30.7 Å². The maximum atomic E-state index is 11.8. The van der Waals surface area contributed by atoms with Crippen LogP contribution in [0.2, 0.25) is 0 Å². The van der Waals surface area contributed by atoms with Gasteiger partial charge in [0.2, 0.25) is 5.91 Å². The van der Waals surface area contributed by atoms with Crippen molar-refractivity contribution in [3.05, 3.63) is 22.4 Å². The zero-order valence-electron chi connectivity index (χ0n) is 11.7. The quantitative estimate of drug-likeness (QED) is 0.793. The first-order chi connectivity index (χ1) is 9.75. The smallest absolute Gasteiger partial charge is 0.252 e. The molecule has 1 aromatic heterocycles. The molecule has 0 radical (unpaired) electrons. The van der Waals surface area contributed by atoms with Crippen LogP contribution in [0.5, 0.6) is 0 Å². The highest BCUT2D eigenvalue weighted by molar-refractivity contribution is 7.08. The molecule has 1 fully saturated rings. The van der Waals surface area contributed by atoms with Crippen LogP contribution in [-0.4, -0.2) is 24.4 Å². The molecule has 0 atom stereocenters. The summed E-state index contributed by atoms with van der Waals surface area (Å²) in [5, 5.41) is 9.62. The number of nitrogens with one attached hydrogen (secondary N) is 2. The van der Waals surface area contributed by atoms with Crippen LogP contribution in [0.1, 0.15) is 55.3 Å². The summed E-state index contributed by atoms with van der Waals surface area (Å²) in [5.41, 5.74) is 0.696. The van der Waals surface area contributed by atoms with Gasteiger partial charge in [-0.15, -0.1) is 0 Å². The van der Waals surface area contributed by atoms with Crippen LogP contribution in [0.4, 0.5) is 0 Å². The first-order valence-corrected chi connectivity index (χ1v) is 8.30. The second kappa shape index (κ2) is 8.04. The Morgan fingerprint density at radius 1 is 1.25 bits per heavy atom. The van der Waals surface area contributed by atoms with E-state index in [1.54, 1.807) is 6.07 Å². The maximum Gasteiger partial charge on any atom is 0.252 e. The molecule has 0 aliphatic heterocycles. The summed E-state index contributed by atoms with van der Waals surface area (Å²) in [6, 6.07) is 2.17. The van der Waals surface area contributed by atoms with Gasteiger partial charge in [-0.2, -0.15) is 11.3 Å². The van der Waals surface area contributed by atoms with Crippen LogP contribution in [0.25, 0.3) is 0 Å². The van der Waals surface area contributed by atoms with Gasteiger partial charge in [0.25, 0.3) is 5.91 Å². The highest BCUT2D eigenvalue weighted by Gasteiger charge is 2.15. The van der Waals surface area contributed by atoms with Crippen molar-refractivity contribution < 1.29 is 9.59 Å². The van der Waals surface area contributed by atoms with E-state index in [1.807, 2.05) is 10.8 Å². The van der Waals surface area contributed by atoms with Crippen LogP contribution in [-0.2, 0) is 4.79 Å². The van der Waals surface area contributed by atoms with E-state index >= 15 is 0 Å². The molecule has 20 heavy (non-hydrogen) atoms. The number of amides is 2. The van der Waals surface area contributed by atoms with Crippen molar-refractivity contribution in [1.82, 2.24) is 10.6 Å². The average Bonchev–Trinajstić information content (AvgIpc) is 2.99. The molecular weight excluding hydrogens is 272 g/mol. The summed E-state index contributed by atoms with van der Waals surface area (Å²) in [6.45, 7) is 0.548. The van der Waals surface area contributed by atoms with Gasteiger partial charge in [0.15, 0.2) is 0 Å². The zero-order valence-corrected chi connectivity index (χ0v) is 12.5. The molecule has 1 aliphatic rings. The molecule has 0 aromatic carbocycles. The third-order valence-corrected chi connectivity index (χ3v) is 4.30. The van der Waals surface area contributed by atoms with Crippen molar-refractivity contribution in [2.75, 3.05) is 6.54 Å². The topological polar surface area (TPSA) is 58.2 Å². The molecule has 0 saturated heterocycles. The van der Waals surface area contributed by atoms with E-state index in [0.29, 0.717) is 31.0 Å². The normalized spacial score (nSPS) is 15.8. The van der Waals surface area contributed by atoms with Gasteiger partial charge in [0, 0.05) is 30.0 Å². The van der Waals surface area contributed by atoms with Gasteiger partial charge in [0.1, 0.15) is 0 Å². The summed E-state index contributed by atoms with van der Waals surface area (Å²) in [4.78, 5) is 23.4. The highest BCUT2D eigenvalue weighted by atomic mass is 32.1. The molecular formula is C15H22N2O2S. The largest absolute Gasteiger partial charge is 0.353 e. The van der Waals surface area contributed by atoms with E-state index in [2.05, 4.69) is 10.6 Å². The van der Waals surface area contributed by atoms with Gasteiger partial charge in [0.05, 0.1) is 0 Å². The summed E-state index contributed by atoms with van der Waals surface area (Å²) >= 11 is 1.51. The Hall–Kier alpha value is -1.36. The number of rotatable bonds is 6. The molecule has 0 unspecified atom stereocenters. The Labute approximate surface area is 124 Å². The Balaban J connectivity index is 1.56. The molecule has 1 aliphatic carbocycles. The molecule has 1 aromatic rings. The van der Waals surface area contributed by atoms with Crippen molar-refractivity contribution in [3.8, 4) is 0 Å². The maximum absolute atomic E-state index is 11.8. The molecule has 2 N–H and O–H groups in total. The number of hydrogen-bond acceptors (Lipinski definition) is 3. The highest BCUT2D eigenvalue weighted by Crippen LogP contribution is 2.17. The second-order valence-corrected chi connectivity index (χ2v) is 6.05. The second-order valence-electron chi connectivity index (χ2n) is 5.27. The fourth-order valence-electron chi connectivity index (χ4n) is 2.49. The van der Waals surface area contributed by atoms with Gasteiger partial charge in [-0.1, -0.05) is 19.3 Å². The van der Waals surface area contributed by atoms with Crippen molar-refractivity contribution in [1.29, 1.82) is 0 Å². The van der Waals surface area contributed by atoms with Crippen LogP contribution >= 0.6 is 11.3 Å². The molecule has 1 heterocycles. The van der Waals surface area contributed by atoms with Crippen LogP contribution in [0.15, 0.2) is 16.8 Å². The van der Waals surface area contributed by atoms with Crippen LogP contribution in [0.3, 0.4) is 0 Å². The van der Waals surface area contributed by atoms with E-state index in [0.717, 1.165) is 12.8 Å². The van der Waals surface area contributed by atoms with Crippen molar-refractivity contribution in [3.63, 3.8) is 0 Å². The molecule has 2 amide bonds. The monoisotopic (exact) mass is 294 g/mol. The van der Waals surface area contributed by atoms with Gasteiger partial charge in [-0.25, -0.2) is 0 Å². The molecule has 4 nitrogen and oxygen atoms in total. The van der Waals surface area contributed by atoms with E-state index in [-0.39, 0.29) is 11.8 Å². The Bertz CT molecular complexity index is 425. The lowest BCUT2D eigenvalue weighted by Crippen LogP contribution is -2.36. The molecule has 5 heteroatoms. The predicted molar refractivity (Wildman–Crippen MR) is 80.9 cm³/mol. The van der Waals surface area contributed by atoms with E-state index in [1.165, 1.54) is 30.6 Å². The fraction of sp³-hybridized carbons (Fsp3) is 0.600. The predicted octanol–water partition coefficient (Wildman–Crippen LogP) is 2.71. The van der Waals surface area contributed by atoms with Crippen LogP contribution < -0.4 is 10.6 Å². The molecule has 1 saturated carbocycles. The third-order valence-electron chi connectivity index (χ3n) is 3.62. The minimum Gasteiger partial charge on any atom is -0.353 e. The van der Waals surface area contributed by atoms with E-state index < -0.39 is 0 Å². The Morgan fingerprint density at radius 3 is 2.75 bits per heavy atom. The number of carbonyl (C=O) groups is 2. The summed E-state index contributed by atoms with van der Waals surface area (Å²) in [5.74, 6) is 0.0561. The Kier molecular flexibility index (Phi) is 6.05. The van der Waals surface area contributed by atoms with E-state index in [9.17, 15) is 9.59 Å². The molecule has 0 bridgehead atoms. The number of carbonyl (C=O) groups excluding carboxylic acids is 2. The van der Waals surface area contributed by atoms with Crippen LogP contribution in [0, 0.1) is 0 Å². The fourth-order valence-corrected chi connectivity index (χ4v) is 3.13. The molecule has 2 rings (SSSR count). The van der Waals surface area contributed by atoms with E-state index in [4.69, 9.17) is 0 Å². The molecule has 110 valence electrons.